The Bertz CT molecular complexity index is 790. The number of rotatable bonds is 10. The van der Waals surface area contributed by atoms with Crippen molar-refractivity contribution in [1.82, 2.24) is 20.0 Å². The molecule has 0 radical (unpaired) electrons. The van der Waals surface area contributed by atoms with Gasteiger partial charge in [-0.05, 0) is 43.7 Å². The summed E-state index contributed by atoms with van der Waals surface area (Å²) >= 11 is 0. The lowest BCUT2D eigenvalue weighted by Gasteiger charge is -2.21. The monoisotopic (exact) mass is 415 g/mol. The van der Waals surface area contributed by atoms with Crippen LogP contribution in [0.4, 0.5) is 0 Å². The van der Waals surface area contributed by atoms with Gasteiger partial charge in [0.2, 0.25) is 0 Å². The molecule has 1 saturated heterocycles. The fourth-order valence-corrected chi connectivity index (χ4v) is 3.46. The van der Waals surface area contributed by atoms with E-state index in [1.165, 1.54) is 0 Å². The van der Waals surface area contributed by atoms with Gasteiger partial charge in [-0.15, -0.1) is 0 Å². The van der Waals surface area contributed by atoms with E-state index in [-0.39, 0.29) is 0 Å². The molecule has 0 bridgehead atoms. The number of hydrogen-bond donors (Lipinski definition) is 1. The van der Waals surface area contributed by atoms with Crippen LogP contribution >= 0.6 is 0 Å². The number of guanidine groups is 1. The van der Waals surface area contributed by atoms with E-state index in [4.69, 9.17) is 19.2 Å². The van der Waals surface area contributed by atoms with Gasteiger partial charge >= 0.3 is 0 Å². The quantitative estimate of drug-likeness (QED) is 0.365. The molecule has 1 aliphatic heterocycles. The SMILES string of the molecule is CCNC(=NCc1ccn(-c2ccc(OC)cc2)n1)N1CCC(COCCOC)C1. The molecule has 1 aromatic heterocycles. The lowest BCUT2D eigenvalue weighted by Crippen LogP contribution is -2.40. The average molecular weight is 416 g/mol. The molecule has 1 atom stereocenters. The van der Waals surface area contributed by atoms with Crippen molar-refractivity contribution in [2.24, 2.45) is 10.9 Å². The predicted molar refractivity (Wildman–Crippen MR) is 117 cm³/mol. The van der Waals surface area contributed by atoms with Crippen LogP contribution in [0.1, 0.15) is 19.0 Å². The fourth-order valence-electron chi connectivity index (χ4n) is 3.46. The van der Waals surface area contributed by atoms with Crippen molar-refractivity contribution in [3.05, 3.63) is 42.2 Å². The van der Waals surface area contributed by atoms with Crippen LogP contribution < -0.4 is 10.1 Å². The van der Waals surface area contributed by atoms with E-state index in [0.717, 1.165) is 55.8 Å². The third-order valence-corrected chi connectivity index (χ3v) is 5.08. The molecule has 8 nitrogen and oxygen atoms in total. The first kappa shape index (κ1) is 22.1. The smallest absolute Gasteiger partial charge is 0.194 e. The number of likely N-dealkylation sites (tertiary alicyclic amines) is 1. The molecule has 0 amide bonds. The Labute approximate surface area is 178 Å². The Hall–Kier alpha value is -2.58. The Morgan fingerprint density at radius 1 is 1.20 bits per heavy atom. The molecule has 2 heterocycles. The number of benzene rings is 1. The minimum Gasteiger partial charge on any atom is -0.497 e. The largest absolute Gasteiger partial charge is 0.497 e. The van der Waals surface area contributed by atoms with Crippen LogP contribution in [0.2, 0.25) is 0 Å². The maximum atomic E-state index is 5.70. The van der Waals surface area contributed by atoms with Crippen molar-refractivity contribution in [2.75, 3.05) is 53.7 Å². The average Bonchev–Trinajstić information content (AvgIpc) is 3.44. The molecule has 1 fully saturated rings. The zero-order chi connectivity index (χ0) is 21.2. The highest BCUT2D eigenvalue weighted by Gasteiger charge is 2.25. The van der Waals surface area contributed by atoms with Crippen LogP contribution in [0.5, 0.6) is 5.75 Å². The number of aliphatic imine (C=N–C) groups is 1. The highest BCUT2D eigenvalue weighted by molar-refractivity contribution is 5.80. The zero-order valence-electron chi connectivity index (χ0n) is 18.2. The van der Waals surface area contributed by atoms with Crippen molar-refractivity contribution in [3.63, 3.8) is 0 Å². The second-order valence-corrected chi connectivity index (χ2v) is 7.29. The van der Waals surface area contributed by atoms with Crippen molar-refractivity contribution >= 4 is 5.96 Å². The Morgan fingerprint density at radius 3 is 2.77 bits per heavy atom. The molecule has 0 saturated carbocycles. The number of nitrogens with zero attached hydrogens (tertiary/aromatic N) is 4. The normalized spacial score (nSPS) is 16.8. The van der Waals surface area contributed by atoms with E-state index < -0.39 is 0 Å². The van der Waals surface area contributed by atoms with Crippen LogP contribution in [0.25, 0.3) is 5.69 Å². The van der Waals surface area contributed by atoms with Gasteiger partial charge in [0.15, 0.2) is 5.96 Å². The van der Waals surface area contributed by atoms with Gasteiger partial charge in [-0.3, -0.25) is 0 Å². The molecule has 30 heavy (non-hydrogen) atoms. The van der Waals surface area contributed by atoms with Gasteiger partial charge in [0.05, 0.1) is 44.9 Å². The standard InChI is InChI=1S/C22H33N5O3/c1-4-23-22(26-11-9-18(16-26)17-30-14-13-28-2)24-15-19-10-12-27(25-19)20-5-7-21(29-3)8-6-20/h5-8,10,12,18H,4,9,11,13-17H2,1-3H3,(H,23,24). The van der Waals surface area contributed by atoms with Crippen molar-refractivity contribution in [1.29, 1.82) is 0 Å². The van der Waals surface area contributed by atoms with E-state index in [0.29, 0.717) is 25.7 Å². The van der Waals surface area contributed by atoms with Gasteiger partial charge < -0.3 is 24.4 Å². The van der Waals surface area contributed by atoms with Gasteiger partial charge in [0, 0.05) is 38.9 Å². The predicted octanol–water partition coefficient (Wildman–Crippen LogP) is 2.33. The minimum absolute atomic E-state index is 0.528. The van der Waals surface area contributed by atoms with Crippen LogP contribution in [0, 0.1) is 5.92 Å². The fraction of sp³-hybridized carbons (Fsp3) is 0.545. The molecular formula is C22H33N5O3. The molecule has 164 valence electrons. The minimum atomic E-state index is 0.528. The molecule has 2 aromatic rings. The third kappa shape index (κ3) is 6.21. The van der Waals surface area contributed by atoms with E-state index >= 15 is 0 Å². The number of nitrogens with one attached hydrogen (secondary N) is 1. The lowest BCUT2D eigenvalue weighted by molar-refractivity contribution is 0.0536. The van der Waals surface area contributed by atoms with Gasteiger partial charge in [-0.2, -0.15) is 5.10 Å². The summed E-state index contributed by atoms with van der Waals surface area (Å²) in [6, 6.07) is 9.85. The number of hydrogen-bond acceptors (Lipinski definition) is 5. The van der Waals surface area contributed by atoms with Gasteiger partial charge in [0.25, 0.3) is 0 Å². The molecule has 1 aromatic carbocycles. The maximum absolute atomic E-state index is 5.70. The van der Waals surface area contributed by atoms with E-state index in [1.54, 1.807) is 14.2 Å². The second kappa shape index (κ2) is 11.6. The maximum Gasteiger partial charge on any atom is 0.194 e. The van der Waals surface area contributed by atoms with E-state index in [9.17, 15) is 0 Å². The summed E-state index contributed by atoms with van der Waals surface area (Å²) < 4.78 is 17.8. The molecule has 1 N–H and O–H groups in total. The summed E-state index contributed by atoms with van der Waals surface area (Å²) in [5, 5.41) is 8.07. The first-order chi connectivity index (χ1) is 14.7. The van der Waals surface area contributed by atoms with Crippen molar-refractivity contribution in [2.45, 2.75) is 19.9 Å². The van der Waals surface area contributed by atoms with Gasteiger partial charge in [0.1, 0.15) is 5.75 Å². The first-order valence-electron chi connectivity index (χ1n) is 10.5. The molecule has 3 rings (SSSR count). The summed E-state index contributed by atoms with van der Waals surface area (Å²) in [4.78, 5) is 7.13. The zero-order valence-corrected chi connectivity index (χ0v) is 18.2. The highest BCUT2D eigenvalue weighted by Crippen LogP contribution is 2.17. The van der Waals surface area contributed by atoms with Crippen LogP contribution in [-0.4, -0.2) is 74.3 Å². The van der Waals surface area contributed by atoms with Crippen LogP contribution in [0.3, 0.4) is 0 Å². The third-order valence-electron chi connectivity index (χ3n) is 5.08. The Kier molecular flexibility index (Phi) is 8.53. The van der Waals surface area contributed by atoms with Gasteiger partial charge in [-0.25, -0.2) is 9.67 Å². The summed E-state index contributed by atoms with van der Waals surface area (Å²) in [6.07, 6.45) is 3.08. The lowest BCUT2D eigenvalue weighted by atomic mass is 10.1. The van der Waals surface area contributed by atoms with Crippen molar-refractivity contribution in [3.8, 4) is 11.4 Å². The second-order valence-electron chi connectivity index (χ2n) is 7.29. The number of methoxy groups -OCH3 is 2. The van der Waals surface area contributed by atoms with Gasteiger partial charge in [-0.1, -0.05) is 0 Å². The van der Waals surface area contributed by atoms with E-state index in [1.807, 2.05) is 41.2 Å². The molecule has 1 aliphatic rings. The van der Waals surface area contributed by atoms with Crippen LogP contribution in [-0.2, 0) is 16.0 Å². The summed E-state index contributed by atoms with van der Waals surface area (Å²) in [7, 11) is 3.36. The summed E-state index contributed by atoms with van der Waals surface area (Å²) in [5.41, 5.74) is 1.92. The molecule has 8 heteroatoms. The topological polar surface area (TPSA) is 73.1 Å². The highest BCUT2D eigenvalue weighted by atomic mass is 16.5. The Balaban J connectivity index is 1.56. The van der Waals surface area contributed by atoms with E-state index in [2.05, 4.69) is 22.2 Å². The Morgan fingerprint density at radius 2 is 2.03 bits per heavy atom. The molecular weight excluding hydrogens is 382 g/mol. The van der Waals surface area contributed by atoms with Crippen molar-refractivity contribution < 1.29 is 14.2 Å². The number of aromatic nitrogens is 2. The molecule has 0 spiro atoms. The molecule has 0 aliphatic carbocycles. The summed E-state index contributed by atoms with van der Waals surface area (Å²) in [5.74, 6) is 2.30. The first-order valence-corrected chi connectivity index (χ1v) is 10.5. The van der Waals surface area contributed by atoms with Crippen LogP contribution in [0.15, 0.2) is 41.5 Å². The molecule has 1 unspecified atom stereocenters. The number of ether oxygens (including phenoxy) is 3. The summed E-state index contributed by atoms with van der Waals surface area (Å²) in [6.45, 7) is 7.48.